The molecule has 0 radical (unpaired) electrons. The van der Waals surface area contributed by atoms with Crippen LogP contribution in [-0.4, -0.2) is 11.7 Å². The molecule has 0 saturated carbocycles. The SMILES string of the molecule is Cc1cccc(C)c1NC(=S)NCC(C)C. The molecule has 0 aliphatic rings. The Balaban J connectivity index is 2.63. The van der Waals surface area contributed by atoms with E-state index in [1.807, 2.05) is 0 Å². The first kappa shape index (κ1) is 13.0. The number of hydrogen-bond donors (Lipinski definition) is 2. The first-order valence-electron chi connectivity index (χ1n) is 5.61. The molecule has 1 aromatic carbocycles. The molecule has 0 amide bonds. The van der Waals surface area contributed by atoms with Crippen LogP contribution in [0.25, 0.3) is 0 Å². The second kappa shape index (κ2) is 5.85. The van der Waals surface area contributed by atoms with Crippen molar-refractivity contribution in [2.45, 2.75) is 27.7 Å². The van der Waals surface area contributed by atoms with E-state index in [0.717, 1.165) is 12.2 Å². The Morgan fingerprint density at radius 1 is 1.25 bits per heavy atom. The van der Waals surface area contributed by atoms with E-state index in [1.165, 1.54) is 11.1 Å². The highest BCUT2D eigenvalue weighted by Gasteiger charge is 2.04. The predicted molar refractivity (Wildman–Crippen MR) is 75.0 cm³/mol. The Bertz CT molecular complexity index is 352. The lowest BCUT2D eigenvalue weighted by molar-refractivity contribution is 0.627. The number of benzene rings is 1. The lowest BCUT2D eigenvalue weighted by Gasteiger charge is -2.15. The molecule has 16 heavy (non-hydrogen) atoms. The first-order chi connectivity index (χ1) is 7.50. The third kappa shape index (κ3) is 3.81. The average molecular weight is 236 g/mol. The molecule has 2 nitrogen and oxygen atoms in total. The van der Waals surface area contributed by atoms with E-state index in [-0.39, 0.29) is 0 Å². The van der Waals surface area contributed by atoms with Crippen LogP contribution < -0.4 is 10.6 Å². The zero-order valence-electron chi connectivity index (χ0n) is 10.4. The van der Waals surface area contributed by atoms with Gasteiger partial charge in [-0.15, -0.1) is 0 Å². The third-order valence-electron chi connectivity index (χ3n) is 2.39. The third-order valence-corrected chi connectivity index (χ3v) is 2.64. The lowest BCUT2D eigenvalue weighted by Crippen LogP contribution is -2.31. The quantitative estimate of drug-likeness (QED) is 0.788. The van der Waals surface area contributed by atoms with E-state index in [1.54, 1.807) is 0 Å². The minimum atomic E-state index is 0.595. The van der Waals surface area contributed by atoms with Gasteiger partial charge >= 0.3 is 0 Å². The monoisotopic (exact) mass is 236 g/mol. The average Bonchev–Trinajstić information content (AvgIpc) is 2.21. The Kier molecular flexibility index (Phi) is 4.74. The summed E-state index contributed by atoms with van der Waals surface area (Å²) in [6.45, 7) is 9.39. The van der Waals surface area contributed by atoms with E-state index in [2.05, 4.69) is 56.5 Å². The van der Waals surface area contributed by atoms with Gasteiger partial charge in [0.25, 0.3) is 0 Å². The van der Waals surface area contributed by atoms with Crippen LogP contribution in [0.5, 0.6) is 0 Å². The van der Waals surface area contributed by atoms with E-state index in [4.69, 9.17) is 12.2 Å². The molecule has 0 fully saturated rings. The molecule has 0 spiro atoms. The largest absolute Gasteiger partial charge is 0.362 e. The zero-order valence-corrected chi connectivity index (χ0v) is 11.2. The van der Waals surface area contributed by atoms with Gasteiger partial charge in [-0.25, -0.2) is 0 Å². The fourth-order valence-corrected chi connectivity index (χ4v) is 1.65. The summed E-state index contributed by atoms with van der Waals surface area (Å²) < 4.78 is 0. The summed E-state index contributed by atoms with van der Waals surface area (Å²) in [5.74, 6) is 0.595. The number of nitrogens with one attached hydrogen (secondary N) is 2. The summed E-state index contributed by atoms with van der Waals surface area (Å²) in [4.78, 5) is 0. The molecule has 1 aromatic rings. The van der Waals surface area contributed by atoms with Crippen LogP contribution in [0, 0.1) is 19.8 Å². The van der Waals surface area contributed by atoms with Crippen LogP contribution in [0.4, 0.5) is 5.69 Å². The van der Waals surface area contributed by atoms with Gasteiger partial charge in [0.15, 0.2) is 5.11 Å². The van der Waals surface area contributed by atoms with Crippen molar-refractivity contribution in [1.82, 2.24) is 5.32 Å². The molecular weight excluding hydrogens is 216 g/mol. The summed E-state index contributed by atoms with van der Waals surface area (Å²) in [6, 6.07) is 6.22. The minimum absolute atomic E-state index is 0.595. The van der Waals surface area contributed by atoms with E-state index in [9.17, 15) is 0 Å². The van der Waals surface area contributed by atoms with E-state index >= 15 is 0 Å². The number of hydrogen-bond acceptors (Lipinski definition) is 1. The molecule has 0 bridgehead atoms. The Labute approximate surface area is 103 Å². The Morgan fingerprint density at radius 2 is 1.81 bits per heavy atom. The number of para-hydroxylation sites is 1. The van der Waals surface area contributed by atoms with Gasteiger partial charge < -0.3 is 10.6 Å². The van der Waals surface area contributed by atoms with Crippen molar-refractivity contribution in [3.8, 4) is 0 Å². The van der Waals surface area contributed by atoms with Crippen molar-refractivity contribution in [2.24, 2.45) is 5.92 Å². The summed E-state index contributed by atoms with van der Waals surface area (Å²) >= 11 is 5.25. The van der Waals surface area contributed by atoms with Gasteiger partial charge in [0.05, 0.1) is 0 Å². The summed E-state index contributed by atoms with van der Waals surface area (Å²) in [5, 5.41) is 7.16. The number of thiocarbonyl (C=S) groups is 1. The van der Waals surface area contributed by atoms with Crippen LogP contribution in [0.1, 0.15) is 25.0 Å². The number of rotatable bonds is 3. The molecular formula is C13H20N2S. The molecule has 88 valence electrons. The van der Waals surface area contributed by atoms with Crippen LogP contribution in [-0.2, 0) is 0 Å². The molecule has 0 saturated heterocycles. The molecule has 0 aliphatic carbocycles. The number of anilines is 1. The Hall–Kier alpha value is -1.09. The van der Waals surface area contributed by atoms with Gasteiger partial charge in [0.2, 0.25) is 0 Å². The lowest BCUT2D eigenvalue weighted by atomic mass is 10.1. The maximum Gasteiger partial charge on any atom is 0.170 e. The summed E-state index contributed by atoms with van der Waals surface area (Å²) in [7, 11) is 0. The highest BCUT2D eigenvalue weighted by molar-refractivity contribution is 7.80. The van der Waals surface area contributed by atoms with Crippen molar-refractivity contribution in [3.63, 3.8) is 0 Å². The highest BCUT2D eigenvalue weighted by atomic mass is 32.1. The van der Waals surface area contributed by atoms with Crippen molar-refractivity contribution in [3.05, 3.63) is 29.3 Å². The van der Waals surface area contributed by atoms with Crippen LogP contribution in [0.3, 0.4) is 0 Å². The van der Waals surface area contributed by atoms with Gasteiger partial charge in [-0.05, 0) is 43.1 Å². The van der Waals surface area contributed by atoms with E-state index in [0.29, 0.717) is 11.0 Å². The summed E-state index contributed by atoms with van der Waals surface area (Å²) in [5.41, 5.74) is 3.55. The Morgan fingerprint density at radius 3 is 2.31 bits per heavy atom. The first-order valence-corrected chi connectivity index (χ1v) is 6.02. The van der Waals surface area contributed by atoms with Gasteiger partial charge in [0, 0.05) is 12.2 Å². The zero-order chi connectivity index (χ0) is 12.1. The fourth-order valence-electron chi connectivity index (χ4n) is 1.47. The number of aryl methyl sites for hydroxylation is 2. The molecule has 0 unspecified atom stereocenters. The van der Waals surface area contributed by atoms with E-state index < -0.39 is 0 Å². The van der Waals surface area contributed by atoms with Gasteiger partial charge in [0.1, 0.15) is 0 Å². The summed E-state index contributed by atoms with van der Waals surface area (Å²) in [6.07, 6.45) is 0. The predicted octanol–water partition coefficient (Wildman–Crippen LogP) is 3.25. The van der Waals surface area contributed by atoms with Gasteiger partial charge in [-0.3, -0.25) is 0 Å². The maximum atomic E-state index is 5.25. The van der Waals surface area contributed by atoms with Crippen molar-refractivity contribution in [2.75, 3.05) is 11.9 Å². The van der Waals surface area contributed by atoms with Gasteiger partial charge in [-0.2, -0.15) is 0 Å². The van der Waals surface area contributed by atoms with Crippen molar-refractivity contribution < 1.29 is 0 Å². The minimum Gasteiger partial charge on any atom is -0.362 e. The maximum absolute atomic E-state index is 5.25. The normalized spacial score (nSPS) is 10.3. The molecule has 0 aliphatic heterocycles. The van der Waals surface area contributed by atoms with Crippen LogP contribution in [0.2, 0.25) is 0 Å². The molecule has 1 rings (SSSR count). The van der Waals surface area contributed by atoms with Crippen molar-refractivity contribution in [1.29, 1.82) is 0 Å². The van der Waals surface area contributed by atoms with Crippen LogP contribution >= 0.6 is 12.2 Å². The van der Waals surface area contributed by atoms with Crippen molar-refractivity contribution >= 4 is 23.0 Å². The standard InChI is InChI=1S/C13H20N2S/c1-9(2)8-14-13(16)15-12-10(3)6-5-7-11(12)4/h5-7,9H,8H2,1-4H3,(H2,14,15,16). The second-order valence-corrected chi connectivity index (χ2v) is 4.90. The topological polar surface area (TPSA) is 24.1 Å². The fraction of sp³-hybridized carbons (Fsp3) is 0.462. The second-order valence-electron chi connectivity index (χ2n) is 4.50. The van der Waals surface area contributed by atoms with Crippen LogP contribution in [0.15, 0.2) is 18.2 Å². The molecule has 3 heteroatoms. The molecule has 0 atom stereocenters. The molecule has 2 N–H and O–H groups in total. The van der Waals surface area contributed by atoms with Gasteiger partial charge in [-0.1, -0.05) is 32.0 Å². The molecule has 0 aromatic heterocycles. The molecule has 0 heterocycles. The highest BCUT2D eigenvalue weighted by Crippen LogP contribution is 2.19. The smallest absolute Gasteiger partial charge is 0.170 e.